The minimum Gasteiger partial charge on any atom is -0.368 e. The Balaban J connectivity index is 0.00000245. The maximum atomic E-state index is 6.23. The van der Waals surface area contributed by atoms with Gasteiger partial charge in [-0.25, -0.2) is 4.98 Å². The van der Waals surface area contributed by atoms with Crippen LogP contribution in [-0.2, 0) is 11.3 Å². The molecule has 3 heterocycles. The zero-order chi connectivity index (χ0) is 21.3. The number of rotatable bonds is 8. The third kappa shape index (κ3) is 4.62. The van der Waals surface area contributed by atoms with Crippen molar-refractivity contribution in [3.63, 3.8) is 0 Å². The molecule has 2 aliphatic rings. The van der Waals surface area contributed by atoms with Gasteiger partial charge in [0, 0.05) is 31.8 Å². The Bertz CT molecular complexity index is 1040. The van der Waals surface area contributed by atoms with Crippen LogP contribution in [0.15, 0.2) is 48.8 Å². The van der Waals surface area contributed by atoms with Gasteiger partial charge in [0.05, 0.1) is 31.4 Å². The van der Waals surface area contributed by atoms with Crippen LogP contribution in [-0.4, -0.2) is 50.7 Å². The third-order valence-corrected chi connectivity index (χ3v) is 6.47. The molecular formula is C24H32N6O. The number of likely N-dealkylation sites (tertiary alicyclic amines) is 1. The largest absolute Gasteiger partial charge is 0.368 e. The predicted octanol–water partition coefficient (Wildman–Crippen LogP) is 3.97. The van der Waals surface area contributed by atoms with E-state index in [1.807, 2.05) is 19.1 Å². The Kier molecular flexibility index (Phi) is 5.46. The second kappa shape index (κ2) is 8.40. The molecule has 1 aliphatic heterocycles. The van der Waals surface area contributed by atoms with Crippen molar-refractivity contribution in [1.82, 2.24) is 24.9 Å². The fourth-order valence-electron chi connectivity index (χ4n) is 4.65. The summed E-state index contributed by atoms with van der Waals surface area (Å²) in [5.74, 6) is 0.953. The number of ether oxygens (including phenoxy) is 1. The summed E-state index contributed by atoms with van der Waals surface area (Å²) in [5, 5.41) is 12.1. The predicted molar refractivity (Wildman–Crippen MR) is 122 cm³/mol. The molecule has 0 amide bonds. The van der Waals surface area contributed by atoms with Crippen LogP contribution in [0, 0.1) is 19.3 Å². The third-order valence-electron chi connectivity index (χ3n) is 6.47. The first-order valence-electron chi connectivity index (χ1n) is 11.1. The van der Waals surface area contributed by atoms with Gasteiger partial charge in [-0.2, -0.15) is 15.0 Å². The summed E-state index contributed by atoms with van der Waals surface area (Å²) >= 11 is 0. The standard InChI is InChI=1S/C24H30N6O.H2/c1-18-6-7-22(30-26-10-11-27-30)20(12-18)15-31-17-29-16-24(8-9-24)13-21(29)14-25-23-5-3-4-19(2)28-23;/h3-7,10-12,21H,8-9,13-17H2,1-2H3,(H,25,28);1H/t21-;/m0./s1. The van der Waals surface area contributed by atoms with Crippen molar-refractivity contribution in [3.05, 3.63) is 65.6 Å². The fraction of sp³-hybridized carbons (Fsp3) is 0.458. The van der Waals surface area contributed by atoms with Crippen LogP contribution >= 0.6 is 0 Å². The van der Waals surface area contributed by atoms with Crippen LogP contribution < -0.4 is 5.32 Å². The first-order chi connectivity index (χ1) is 15.1. The fourth-order valence-corrected chi connectivity index (χ4v) is 4.65. The molecular weight excluding hydrogens is 388 g/mol. The van der Waals surface area contributed by atoms with E-state index in [1.165, 1.54) is 24.8 Å². The number of aromatic nitrogens is 4. The van der Waals surface area contributed by atoms with Crippen molar-refractivity contribution in [2.75, 3.05) is 25.1 Å². The number of hydrogen-bond acceptors (Lipinski definition) is 6. The van der Waals surface area contributed by atoms with Gasteiger partial charge in [-0.3, -0.25) is 4.90 Å². The van der Waals surface area contributed by atoms with Crippen LogP contribution in [0.2, 0.25) is 0 Å². The van der Waals surface area contributed by atoms with Crippen LogP contribution in [0.25, 0.3) is 5.69 Å². The normalized spacial score (nSPS) is 19.7. The van der Waals surface area contributed by atoms with Crippen LogP contribution in [0.4, 0.5) is 5.82 Å². The zero-order valence-corrected chi connectivity index (χ0v) is 18.3. The molecule has 31 heavy (non-hydrogen) atoms. The molecule has 7 nitrogen and oxygen atoms in total. The number of aryl methyl sites for hydroxylation is 2. The number of nitrogens with zero attached hydrogens (tertiary/aromatic N) is 5. The number of hydrogen-bond donors (Lipinski definition) is 1. The molecule has 7 heteroatoms. The van der Waals surface area contributed by atoms with Crippen molar-refractivity contribution in [3.8, 4) is 5.69 Å². The average Bonchev–Trinajstić information content (AvgIpc) is 3.14. The number of pyridine rings is 1. The second-order valence-electron chi connectivity index (χ2n) is 9.08. The van der Waals surface area contributed by atoms with Gasteiger partial charge >= 0.3 is 0 Å². The lowest BCUT2D eigenvalue weighted by molar-refractivity contribution is 0.0125. The molecule has 164 valence electrons. The maximum Gasteiger partial charge on any atom is 0.126 e. The minimum atomic E-state index is 0. The molecule has 1 atom stereocenters. The SMILES string of the molecule is Cc1ccc(-n2nccn2)c(COCN2CC3(CC3)C[C@H]2CNc2cccc(C)n2)c1.[HH]. The van der Waals surface area contributed by atoms with Crippen LogP contribution in [0.5, 0.6) is 0 Å². The Morgan fingerprint density at radius 3 is 2.77 bits per heavy atom. The topological polar surface area (TPSA) is 68.1 Å². The zero-order valence-electron chi connectivity index (χ0n) is 18.3. The number of benzene rings is 1. The highest BCUT2D eigenvalue weighted by Crippen LogP contribution is 2.54. The molecule has 0 unspecified atom stereocenters. The van der Waals surface area contributed by atoms with Gasteiger partial charge in [-0.15, -0.1) is 0 Å². The molecule has 1 N–H and O–H groups in total. The van der Waals surface area contributed by atoms with Gasteiger partial charge in [0.15, 0.2) is 0 Å². The Morgan fingerprint density at radius 1 is 1.16 bits per heavy atom. The van der Waals surface area contributed by atoms with Gasteiger partial charge in [0.1, 0.15) is 5.82 Å². The highest BCUT2D eigenvalue weighted by atomic mass is 16.5. The summed E-state index contributed by atoms with van der Waals surface area (Å²) < 4.78 is 6.23. The molecule has 1 aliphatic carbocycles. The second-order valence-corrected chi connectivity index (χ2v) is 9.08. The lowest BCUT2D eigenvalue weighted by Gasteiger charge is -2.25. The molecule has 3 aromatic rings. The summed E-state index contributed by atoms with van der Waals surface area (Å²) in [6, 6.07) is 12.9. The molecule has 2 aromatic heterocycles. The summed E-state index contributed by atoms with van der Waals surface area (Å²) in [6.07, 6.45) is 7.32. The molecule has 1 spiro atoms. The quantitative estimate of drug-likeness (QED) is 0.595. The van der Waals surface area contributed by atoms with Gasteiger partial charge in [0.2, 0.25) is 0 Å². The van der Waals surface area contributed by atoms with E-state index in [1.54, 1.807) is 17.2 Å². The molecule has 1 aromatic carbocycles. The summed E-state index contributed by atoms with van der Waals surface area (Å²) in [7, 11) is 0. The van der Waals surface area contributed by atoms with Crippen molar-refractivity contribution >= 4 is 5.82 Å². The lowest BCUT2D eigenvalue weighted by Crippen LogP contribution is -2.36. The molecule has 0 bridgehead atoms. The van der Waals surface area contributed by atoms with Crippen LogP contribution in [0.1, 0.15) is 37.5 Å². The van der Waals surface area contributed by atoms with E-state index in [9.17, 15) is 0 Å². The Morgan fingerprint density at radius 2 is 2.00 bits per heavy atom. The molecule has 2 fully saturated rings. The number of nitrogens with one attached hydrogen (secondary N) is 1. The lowest BCUT2D eigenvalue weighted by atomic mass is 10.0. The molecule has 0 radical (unpaired) electrons. The van der Waals surface area contributed by atoms with E-state index in [0.717, 1.165) is 35.9 Å². The first-order valence-corrected chi connectivity index (χ1v) is 11.1. The minimum absolute atomic E-state index is 0. The van der Waals surface area contributed by atoms with Gasteiger partial charge in [0.25, 0.3) is 0 Å². The Hall–Kier alpha value is -2.77. The summed E-state index contributed by atoms with van der Waals surface area (Å²) in [5.41, 5.74) is 4.84. The molecule has 5 rings (SSSR count). The van der Waals surface area contributed by atoms with Crippen LogP contribution in [0.3, 0.4) is 0 Å². The molecule has 1 saturated heterocycles. The highest BCUT2D eigenvalue weighted by molar-refractivity contribution is 5.41. The monoisotopic (exact) mass is 420 g/mol. The van der Waals surface area contributed by atoms with Gasteiger partial charge in [-0.1, -0.05) is 23.8 Å². The van der Waals surface area contributed by atoms with Crippen molar-refractivity contribution in [1.29, 1.82) is 0 Å². The smallest absolute Gasteiger partial charge is 0.126 e. The van der Waals surface area contributed by atoms with Crippen molar-refractivity contribution in [2.24, 2.45) is 5.41 Å². The van der Waals surface area contributed by atoms with Crippen molar-refractivity contribution < 1.29 is 6.16 Å². The van der Waals surface area contributed by atoms with E-state index >= 15 is 0 Å². The van der Waals surface area contributed by atoms with E-state index in [0.29, 0.717) is 24.8 Å². The first kappa shape index (κ1) is 20.2. The van der Waals surface area contributed by atoms with Gasteiger partial charge < -0.3 is 10.1 Å². The van der Waals surface area contributed by atoms with E-state index in [4.69, 9.17) is 4.74 Å². The van der Waals surface area contributed by atoms with E-state index < -0.39 is 0 Å². The maximum absolute atomic E-state index is 6.23. The Labute approximate surface area is 184 Å². The number of anilines is 1. The van der Waals surface area contributed by atoms with E-state index in [-0.39, 0.29) is 1.43 Å². The highest BCUT2D eigenvalue weighted by Gasteiger charge is 2.51. The molecule has 1 saturated carbocycles. The average molecular weight is 421 g/mol. The summed E-state index contributed by atoms with van der Waals surface area (Å²) in [6.45, 7) is 7.33. The van der Waals surface area contributed by atoms with E-state index in [2.05, 4.69) is 56.6 Å². The van der Waals surface area contributed by atoms with Crippen molar-refractivity contribution in [2.45, 2.75) is 45.8 Å². The van der Waals surface area contributed by atoms with Gasteiger partial charge in [-0.05, 0) is 56.7 Å². The summed E-state index contributed by atoms with van der Waals surface area (Å²) in [4.78, 5) is 8.74.